The van der Waals surface area contributed by atoms with Crippen molar-refractivity contribution in [2.24, 2.45) is 0 Å². The van der Waals surface area contributed by atoms with Crippen LogP contribution in [-0.2, 0) is 10.8 Å². The molecule has 18 heavy (non-hydrogen) atoms. The minimum atomic E-state index is -0.929. The fraction of sp³-hybridized carbons (Fsp3) is 0.154. The van der Waals surface area contributed by atoms with Crippen molar-refractivity contribution in [1.29, 1.82) is 0 Å². The summed E-state index contributed by atoms with van der Waals surface area (Å²) in [5.41, 5.74) is 2.17. The van der Waals surface area contributed by atoms with Crippen LogP contribution in [0, 0.1) is 41.3 Å². The summed E-state index contributed by atoms with van der Waals surface area (Å²) in [4.78, 5) is 4.82. The van der Waals surface area contributed by atoms with Gasteiger partial charge in [0.15, 0.2) is 0 Å². The van der Waals surface area contributed by atoms with Gasteiger partial charge in [-0.15, -0.1) is 0 Å². The minimum absolute atomic E-state index is 0. The molecule has 0 aliphatic rings. The van der Waals surface area contributed by atoms with E-state index in [9.17, 15) is 4.21 Å². The molecule has 2 aromatic rings. The molecule has 3 nitrogen and oxygen atoms in total. The third kappa shape index (κ3) is 5.23. The van der Waals surface area contributed by atoms with Crippen LogP contribution in [0.1, 0.15) is 0 Å². The van der Waals surface area contributed by atoms with E-state index in [2.05, 4.69) is 4.98 Å². The fourth-order valence-corrected chi connectivity index (χ4v) is 1.96. The van der Waals surface area contributed by atoms with Crippen molar-refractivity contribution in [1.82, 2.24) is 4.98 Å². The molecule has 93 valence electrons. The Morgan fingerprint density at radius 3 is 2.22 bits per heavy atom. The van der Waals surface area contributed by atoms with E-state index in [4.69, 9.17) is 5.11 Å². The van der Waals surface area contributed by atoms with Gasteiger partial charge in [0.05, 0.1) is 0 Å². The van der Waals surface area contributed by atoms with Gasteiger partial charge in [-0.1, -0.05) is 12.1 Å². The summed E-state index contributed by atoms with van der Waals surface area (Å²) in [6.07, 6.45) is 5.20. The summed E-state index contributed by atoms with van der Waals surface area (Å²) in [6, 6.07) is 11.6. The van der Waals surface area contributed by atoms with Crippen molar-refractivity contribution < 1.29 is 50.6 Å². The third-order valence-electron chi connectivity index (χ3n) is 2.18. The van der Waals surface area contributed by atoms with Crippen LogP contribution in [0.5, 0.6) is 0 Å². The number of hydrogen-bond donors (Lipinski definition) is 1. The summed E-state index contributed by atoms with van der Waals surface area (Å²) in [7, 11) is 0.0714. The maximum absolute atomic E-state index is 11.3. The van der Waals surface area contributed by atoms with Gasteiger partial charge in [0.1, 0.15) is 0 Å². The number of aromatic nitrogens is 1. The number of rotatable bonds is 2. The number of pyridine rings is 1. The normalized spacial score (nSPS) is 10.6. The first kappa shape index (κ1) is 17.8. The van der Waals surface area contributed by atoms with Crippen LogP contribution < -0.4 is 0 Å². The van der Waals surface area contributed by atoms with Crippen LogP contribution in [0.2, 0.25) is 0 Å². The molecule has 1 heterocycles. The summed E-state index contributed by atoms with van der Waals surface area (Å²) in [6.45, 7) is 0. The zero-order chi connectivity index (χ0) is 12.7. The summed E-state index contributed by atoms with van der Waals surface area (Å²) >= 11 is 0. The SMILES string of the molecule is CO.CS(=O)c1cccc(-c2ccncc2)c1.[Pr]. The van der Waals surface area contributed by atoms with Gasteiger partial charge >= 0.3 is 0 Å². The zero-order valence-electron chi connectivity index (χ0n) is 10.4. The molecule has 0 bridgehead atoms. The average molecular weight is 390 g/mol. The van der Waals surface area contributed by atoms with Gasteiger partial charge in [-0.05, 0) is 35.4 Å². The average Bonchev–Trinajstić information content (AvgIpc) is 2.42. The van der Waals surface area contributed by atoms with E-state index in [-0.39, 0.29) is 41.3 Å². The van der Waals surface area contributed by atoms with Crippen LogP contribution >= 0.6 is 0 Å². The Kier molecular flexibility index (Phi) is 9.65. The number of hydrogen-bond acceptors (Lipinski definition) is 3. The Bertz CT molecular complexity index is 491. The maximum Gasteiger partial charge on any atom is 0.0498 e. The molecule has 0 aliphatic heterocycles. The second-order valence-electron chi connectivity index (χ2n) is 3.22. The van der Waals surface area contributed by atoms with Crippen LogP contribution in [-0.4, -0.2) is 27.7 Å². The second-order valence-corrected chi connectivity index (χ2v) is 4.60. The minimum Gasteiger partial charge on any atom is -0.400 e. The van der Waals surface area contributed by atoms with E-state index >= 15 is 0 Å². The van der Waals surface area contributed by atoms with Gasteiger partial charge < -0.3 is 5.11 Å². The molecule has 1 aromatic carbocycles. The fourth-order valence-electron chi connectivity index (χ4n) is 1.40. The predicted octanol–water partition coefficient (Wildman–Crippen LogP) is 2.09. The summed E-state index contributed by atoms with van der Waals surface area (Å²) in [5, 5.41) is 7.00. The first-order valence-corrected chi connectivity index (χ1v) is 6.62. The van der Waals surface area contributed by atoms with E-state index in [0.717, 1.165) is 23.1 Å². The van der Waals surface area contributed by atoms with E-state index in [1.807, 2.05) is 36.4 Å². The first-order chi connectivity index (χ1) is 8.27. The van der Waals surface area contributed by atoms with E-state index in [0.29, 0.717) is 0 Å². The van der Waals surface area contributed by atoms with Crippen molar-refractivity contribution in [3.05, 3.63) is 48.8 Å². The monoisotopic (exact) mass is 390 g/mol. The maximum atomic E-state index is 11.3. The number of benzene rings is 1. The number of nitrogens with zero attached hydrogens (tertiary/aromatic N) is 1. The van der Waals surface area contributed by atoms with Crippen LogP contribution in [0.15, 0.2) is 53.7 Å². The Balaban J connectivity index is 0.000000917. The molecule has 1 unspecified atom stereocenters. The largest absolute Gasteiger partial charge is 0.400 e. The molecular weight excluding hydrogens is 375 g/mol. The molecule has 0 saturated heterocycles. The quantitative estimate of drug-likeness (QED) is 0.855. The molecule has 1 atom stereocenters. The third-order valence-corrected chi connectivity index (χ3v) is 3.10. The number of aliphatic hydroxyl groups excluding tert-OH is 1. The van der Waals surface area contributed by atoms with Crippen molar-refractivity contribution in [2.45, 2.75) is 4.90 Å². The van der Waals surface area contributed by atoms with Crippen LogP contribution in [0.3, 0.4) is 0 Å². The molecule has 1 N–H and O–H groups in total. The van der Waals surface area contributed by atoms with Crippen LogP contribution in [0.25, 0.3) is 11.1 Å². The Morgan fingerprint density at radius 1 is 1.06 bits per heavy atom. The molecule has 5 heteroatoms. The Labute approximate surface area is 143 Å². The van der Waals surface area contributed by atoms with Crippen molar-refractivity contribution in [3.63, 3.8) is 0 Å². The van der Waals surface area contributed by atoms with Crippen molar-refractivity contribution >= 4 is 10.8 Å². The van der Waals surface area contributed by atoms with Gasteiger partial charge in [0.2, 0.25) is 0 Å². The van der Waals surface area contributed by atoms with Gasteiger partial charge in [-0.2, -0.15) is 0 Å². The van der Waals surface area contributed by atoms with Gasteiger partial charge in [-0.3, -0.25) is 9.19 Å². The van der Waals surface area contributed by atoms with Crippen LogP contribution in [0.4, 0.5) is 0 Å². The second kappa shape index (κ2) is 9.73. The molecular formula is C13H15NO2PrS. The molecule has 0 fully saturated rings. The molecule has 0 aliphatic carbocycles. The first-order valence-electron chi connectivity index (χ1n) is 5.06. The number of aliphatic hydroxyl groups is 1. The molecule has 1 radical (unpaired) electrons. The van der Waals surface area contributed by atoms with Gasteiger partial charge in [0.25, 0.3) is 0 Å². The molecule has 1 aromatic heterocycles. The van der Waals surface area contributed by atoms with E-state index < -0.39 is 10.8 Å². The summed E-state index contributed by atoms with van der Waals surface area (Å²) in [5.74, 6) is 0. The van der Waals surface area contributed by atoms with Gasteiger partial charge in [-0.25, -0.2) is 0 Å². The van der Waals surface area contributed by atoms with E-state index in [1.54, 1.807) is 18.6 Å². The smallest absolute Gasteiger partial charge is 0.0498 e. The molecule has 0 amide bonds. The molecule has 2 rings (SSSR count). The van der Waals surface area contributed by atoms with E-state index in [1.165, 1.54) is 0 Å². The van der Waals surface area contributed by atoms with Crippen molar-refractivity contribution in [2.75, 3.05) is 13.4 Å². The topological polar surface area (TPSA) is 50.2 Å². The molecule has 0 spiro atoms. The summed E-state index contributed by atoms with van der Waals surface area (Å²) < 4.78 is 11.3. The Hall–Kier alpha value is -0.156. The van der Waals surface area contributed by atoms with Crippen molar-refractivity contribution in [3.8, 4) is 11.1 Å². The predicted molar refractivity (Wildman–Crippen MR) is 70.1 cm³/mol. The zero-order valence-corrected chi connectivity index (χ0v) is 14.9. The van der Waals surface area contributed by atoms with Gasteiger partial charge in [0, 0.05) is 82.7 Å². The standard InChI is InChI=1S/C12H11NOS.CH4O.Pr/c1-15(14)12-4-2-3-11(9-12)10-5-7-13-8-6-10;1-2;/h2-9H,1H3;2H,1H3;. The molecule has 0 saturated carbocycles. The Morgan fingerprint density at radius 2 is 1.67 bits per heavy atom.